The fourth-order valence-electron chi connectivity index (χ4n) is 1.53. The summed E-state index contributed by atoms with van der Waals surface area (Å²) < 4.78 is 0. The van der Waals surface area contributed by atoms with Crippen molar-refractivity contribution in [2.24, 2.45) is 35.0 Å². The van der Waals surface area contributed by atoms with Crippen molar-refractivity contribution in [3.8, 4) is 0 Å². The molecule has 0 aliphatic carbocycles. The van der Waals surface area contributed by atoms with Crippen LogP contribution in [0.25, 0.3) is 0 Å². The van der Waals surface area contributed by atoms with E-state index in [1.54, 1.807) is 0 Å². The van der Waals surface area contributed by atoms with E-state index in [0.29, 0.717) is 18.3 Å². The number of carbonyl (C=O) groups is 1. The Morgan fingerprint density at radius 1 is 0.840 bits per heavy atom. The molecule has 0 saturated carbocycles. The lowest BCUT2D eigenvalue weighted by atomic mass is 10.1. The number of primary amides is 1. The van der Waals surface area contributed by atoms with Crippen LogP contribution in [-0.4, -0.2) is 25.7 Å². The van der Waals surface area contributed by atoms with Crippen molar-refractivity contribution >= 4 is 6.03 Å². The minimum atomic E-state index is -0.435. The van der Waals surface area contributed by atoms with Crippen molar-refractivity contribution in [1.29, 1.82) is 0 Å². The third-order valence-corrected chi connectivity index (χ3v) is 3.08. The van der Waals surface area contributed by atoms with Gasteiger partial charge in [-0.1, -0.05) is 48.1 Å². The zero-order valence-corrected chi connectivity index (χ0v) is 17.5. The highest BCUT2D eigenvalue weighted by Gasteiger charge is 1.94. The van der Waals surface area contributed by atoms with Crippen molar-refractivity contribution in [2.75, 3.05) is 19.6 Å². The lowest BCUT2D eigenvalue weighted by Crippen LogP contribution is -2.30. The molecule has 0 atom stereocenters. The van der Waals surface area contributed by atoms with E-state index < -0.39 is 6.03 Å². The normalized spacial score (nSPS) is 9.84. The lowest BCUT2D eigenvalue weighted by molar-refractivity contribution is 0.248. The summed E-state index contributed by atoms with van der Waals surface area (Å²) in [5, 5.41) is 5.48. The highest BCUT2D eigenvalue weighted by Crippen LogP contribution is 2.00. The summed E-state index contributed by atoms with van der Waals surface area (Å²) in [5.74, 6) is 2.74. The Kier molecular flexibility index (Phi) is 23.4. The number of carbonyl (C=O) groups excluding carboxylic acids is 1. The second kappa shape index (κ2) is 20.6. The molecule has 0 heterocycles. The molecule has 0 aliphatic heterocycles. The Morgan fingerprint density at radius 3 is 1.48 bits per heavy atom. The molecule has 0 aromatic heterocycles. The summed E-state index contributed by atoms with van der Waals surface area (Å²) in [6, 6.07) is -0.435. The summed E-state index contributed by atoms with van der Waals surface area (Å²) in [6.45, 7) is 19.0. The van der Waals surface area contributed by atoms with Gasteiger partial charge in [-0.25, -0.2) is 4.79 Å². The highest BCUT2D eigenvalue weighted by atomic mass is 16.2. The molecule has 0 rings (SSSR count). The fourth-order valence-corrected chi connectivity index (χ4v) is 1.53. The molecular formula is C19H45N5O. The smallest absolute Gasteiger partial charge is 0.312 e. The molecule has 0 fully saturated rings. The number of nitrogens with two attached hydrogens (primary N) is 3. The molecule has 0 unspecified atom stereocenters. The van der Waals surface area contributed by atoms with Crippen molar-refractivity contribution in [3.63, 3.8) is 0 Å². The van der Waals surface area contributed by atoms with Crippen LogP contribution in [0.2, 0.25) is 0 Å². The summed E-state index contributed by atoms with van der Waals surface area (Å²) in [5.41, 5.74) is 15.4. The molecular weight excluding hydrogens is 314 g/mol. The topological polar surface area (TPSA) is 119 Å². The SMILES string of the molecule is C=C(N)NCCC(C)C.CC(C)CCCN.CC(C)CCNC(N)=O. The van der Waals surface area contributed by atoms with Crippen LogP contribution < -0.4 is 27.8 Å². The number of nitrogens with one attached hydrogen (secondary N) is 2. The van der Waals surface area contributed by atoms with E-state index >= 15 is 0 Å². The maximum absolute atomic E-state index is 10.1. The zero-order chi connectivity index (χ0) is 20.3. The first kappa shape index (κ1) is 28.4. The molecule has 6 heteroatoms. The van der Waals surface area contributed by atoms with E-state index in [0.717, 1.165) is 37.8 Å². The number of rotatable bonds is 10. The second-order valence-electron chi connectivity index (χ2n) is 7.43. The zero-order valence-electron chi connectivity index (χ0n) is 17.5. The summed E-state index contributed by atoms with van der Waals surface area (Å²) in [7, 11) is 0. The molecule has 0 saturated heterocycles. The van der Waals surface area contributed by atoms with Crippen molar-refractivity contribution in [2.45, 2.75) is 67.2 Å². The molecule has 0 spiro atoms. The van der Waals surface area contributed by atoms with E-state index in [9.17, 15) is 4.79 Å². The Labute approximate surface area is 156 Å². The van der Waals surface area contributed by atoms with Crippen molar-refractivity contribution in [1.82, 2.24) is 10.6 Å². The van der Waals surface area contributed by atoms with Crippen LogP contribution in [0, 0.1) is 17.8 Å². The van der Waals surface area contributed by atoms with Gasteiger partial charge in [-0.2, -0.15) is 0 Å². The van der Waals surface area contributed by atoms with E-state index in [1.807, 2.05) is 0 Å². The molecule has 25 heavy (non-hydrogen) atoms. The van der Waals surface area contributed by atoms with Gasteiger partial charge in [-0.15, -0.1) is 0 Å². The number of hydrogen-bond donors (Lipinski definition) is 5. The van der Waals surface area contributed by atoms with Gasteiger partial charge in [-0.3, -0.25) is 0 Å². The predicted octanol–water partition coefficient (Wildman–Crippen LogP) is 3.13. The predicted molar refractivity (Wildman–Crippen MR) is 111 cm³/mol. The first-order valence-electron chi connectivity index (χ1n) is 9.44. The van der Waals surface area contributed by atoms with Gasteiger partial charge in [-0.05, 0) is 50.0 Å². The Morgan fingerprint density at radius 2 is 1.24 bits per heavy atom. The first-order chi connectivity index (χ1) is 11.5. The van der Waals surface area contributed by atoms with Gasteiger partial charge < -0.3 is 27.8 Å². The van der Waals surface area contributed by atoms with Gasteiger partial charge in [0.1, 0.15) is 0 Å². The maximum atomic E-state index is 10.1. The maximum Gasteiger partial charge on any atom is 0.312 e. The summed E-state index contributed by atoms with van der Waals surface area (Å²) in [4.78, 5) is 10.1. The van der Waals surface area contributed by atoms with Gasteiger partial charge in [0, 0.05) is 13.1 Å². The lowest BCUT2D eigenvalue weighted by Gasteiger charge is -2.05. The average molecular weight is 360 g/mol. The fraction of sp³-hybridized carbons (Fsp3) is 0.842. The Bertz CT molecular complexity index is 280. The third-order valence-electron chi connectivity index (χ3n) is 3.08. The molecule has 0 bridgehead atoms. The van der Waals surface area contributed by atoms with E-state index in [-0.39, 0.29) is 0 Å². The minimum absolute atomic E-state index is 0.435. The minimum Gasteiger partial charge on any atom is -0.386 e. The van der Waals surface area contributed by atoms with Crippen LogP contribution in [-0.2, 0) is 0 Å². The summed E-state index contributed by atoms with van der Waals surface area (Å²) in [6.07, 6.45) is 4.59. The molecule has 0 radical (unpaired) electrons. The van der Waals surface area contributed by atoms with E-state index in [2.05, 4.69) is 58.8 Å². The molecule has 8 N–H and O–H groups in total. The molecule has 0 aliphatic rings. The van der Waals surface area contributed by atoms with Crippen LogP contribution in [0.1, 0.15) is 67.2 Å². The Balaban J connectivity index is -0.000000293. The number of hydrogen-bond acceptors (Lipinski definition) is 4. The van der Waals surface area contributed by atoms with Crippen LogP contribution in [0.5, 0.6) is 0 Å². The summed E-state index contributed by atoms with van der Waals surface area (Å²) >= 11 is 0. The number of amides is 2. The van der Waals surface area contributed by atoms with Crippen LogP contribution >= 0.6 is 0 Å². The van der Waals surface area contributed by atoms with Crippen LogP contribution in [0.3, 0.4) is 0 Å². The van der Waals surface area contributed by atoms with Gasteiger partial charge in [0.15, 0.2) is 0 Å². The first-order valence-corrected chi connectivity index (χ1v) is 9.44. The third kappa shape index (κ3) is 45.0. The van der Waals surface area contributed by atoms with Gasteiger partial charge in [0.25, 0.3) is 0 Å². The Hall–Kier alpha value is -1.43. The van der Waals surface area contributed by atoms with Gasteiger partial charge in [0.2, 0.25) is 0 Å². The van der Waals surface area contributed by atoms with Crippen LogP contribution in [0.4, 0.5) is 4.79 Å². The van der Waals surface area contributed by atoms with Crippen molar-refractivity contribution in [3.05, 3.63) is 12.4 Å². The average Bonchev–Trinajstić information content (AvgIpc) is 2.44. The van der Waals surface area contributed by atoms with E-state index in [4.69, 9.17) is 17.2 Å². The molecule has 0 aromatic rings. The monoisotopic (exact) mass is 359 g/mol. The van der Waals surface area contributed by atoms with Crippen molar-refractivity contribution < 1.29 is 4.79 Å². The molecule has 2 amide bonds. The standard InChI is InChI=1S/C7H16N2.C6H14N2O.C6H15N/c1-6(2)4-5-9-7(3)8;1-5(2)3-4-8-6(7)9;1-6(2)4-3-5-7/h6,9H,3-5,8H2,1-2H3;5H,3-4H2,1-2H3,(H3,7,8,9);6H,3-5,7H2,1-2H3. The second-order valence-corrected chi connectivity index (χ2v) is 7.43. The highest BCUT2D eigenvalue weighted by molar-refractivity contribution is 5.71. The number of urea groups is 1. The quantitative estimate of drug-likeness (QED) is 0.411. The molecule has 0 aromatic carbocycles. The molecule has 152 valence electrons. The van der Waals surface area contributed by atoms with Crippen LogP contribution in [0.15, 0.2) is 12.4 Å². The molecule has 6 nitrogen and oxygen atoms in total. The van der Waals surface area contributed by atoms with E-state index in [1.165, 1.54) is 12.8 Å². The van der Waals surface area contributed by atoms with Gasteiger partial charge >= 0.3 is 6.03 Å². The van der Waals surface area contributed by atoms with Gasteiger partial charge in [0.05, 0.1) is 5.82 Å². The largest absolute Gasteiger partial charge is 0.386 e.